The first kappa shape index (κ1) is 32.1. The van der Waals surface area contributed by atoms with Crippen molar-refractivity contribution in [2.75, 3.05) is 31.0 Å². The molecule has 4 aromatic rings. The normalized spacial score (nSPS) is 16.4. The van der Waals surface area contributed by atoms with Crippen molar-refractivity contribution in [2.45, 2.75) is 37.8 Å². The second-order valence-electron chi connectivity index (χ2n) is 10.4. The summed E-state index contributed by atoms with van der Waals surface area (Å²) < 4.78 is 11.4. The molecule has 2 aromatic heterocycles. The zero-order valence-corrected chi connectivity index (χ0v) is 25.5. The molecule has 0 saturated heterocycles. The van der Waals surface area contributed by atoms with Crippen LogP contribution in [0.2, 0.25) is 5.02 Å². The Labute approximate surface area is 268 Å². The van der Waals surface area contributed by atoms with Crippen LogP contribution in [-0.4, -0.2) is 79.6 Å². The lowest BCUT2D eigenvalue weighted by atomic mass is 10.0. The number of rotatable bonds is 9. The van der Waals surface area contributed by atoms with Crippen molar-refractivity contribution in [1.82, 2.24) is 35.5 Å². The van der Waals surface area contributed by atoms with E-state index >= 15 is 0 Å². The number of fused-ring (bicyclic) bond motifs is 4. The highest BCUT2D eigenvalue weighted by atomic mass is 35.5. The minimum absolute atomic E-state index is 0.0827. The van der Waals surface area contributed by atoms with E-state index in [9.17, 15) is 19.5 Å². The maximum absolute atomic E-state index is 13.1. The van der Waals surface area contributed by atoms with E-state index in [4.69, 9.17) is 21.1 Å². The summed E-state index contributed by atoms with van der Waals surface area (Å²) in [5.74, 6) is -0.835. The number of amides is 2. The summed E-state index contributed by atoms with van der Waals surface area (Å²) in [6.07, 6.45) is 7.46. The average molecular weight is 650 g/mol. The number of ether oxygens (including phenoxy) is 2. The zero-order valence-electron chi connectivity index (χ0n) is 24.8. The highest BCUT2D eigenvalue weighted by Crippen LogP contribution is 2.33. The molecule has 1 aliphatic rings. The van der Waals surface area contributed by atoms with Gasteiger partial charge in [0.2, 0.25) is 5.91 Å². The summed E-state index contributed by atoms with van der Waals surface area (Å²) in [5, 5.41) is 30.5. The molecule has 5 N–H and O–H groups in total. The van der Waals surface area contributed by atoms with E-state index in [-0.39, 0.29) is 19.1 Å². The molecule has 2 aromatic carbocycles. The van der Waals surface area contributed by atoms with Crippen LogP contribution in [0.25, 0.3) is 23.0 Å². The Bertz CT molecular complexity index is 1710. The lowest BCUT2D eigenvalue weighted by Crippen LogP contribution is -2.30. The smallest absolute Gasteiger partial charge is 0.411 e. The molecule has 46 heavy (non-hydrogen) atoms. The fourth-order valence-electron chi connectivity index (χ4n) is 4.94. The summed E-state index contributed by atoms with van der Waals surface area (Å²) in [5.41, 5.74) is 3.38. The molecule has 2 atom stereocenters. The van der Waals surface area contributed by atoms with E-state index < -0.39 is 24.1 Å². The molecule has 5 rings (SSSR count). The Morgan fingerprint density at radius 2 is 2.00 bits per heavy atom. The van der Waals surface area contributed by atoms with Gasteiger partial charge in [0, 0.05) is 40.7 Å². The van der Waals surface area contributed by atoms with Gasteiger partial charge < -0.3 is 30.2 Å². The maximum atomic E-state index is 13.1. The van der Waals surface area contributed by atoms with Crippen molar-refractivity contribution >= 4 is 47.0 Å². The molecule has 2 bridgehead atoms. The van der Waals surface area contributed by atoms with E-state index in [1.165, 1.54) is 24.2 Å². The largest absolute Gasteiger partial charge is 0.480 e. The van der Waals surface area contributed by atoms with Crippen LogP contribution in [0.5, 0.6) is 0 Å². The van der Waals surface area contributed by atoms with Crippen molar-refractivity contribution < 1.29 is 29.0 Å². The molecular weight excluding hydrogens is 618 g/mol. The van der Waals surface area contributed by atoms with Crippen molar-refractivity contribution in [1.29, 1.82) is 0 Å². The molecule has 240 valence electrons. The topological polar surface area (TPSA) is 198 Å². The highest BCUT2D eigenvalue weighted by Gasteiger charge is 2.24. The number of tetrazole rings is 1. The van der Waals surface area contributed by atoms with Crippen molar-refractivity contribution in [3.05, 3.63) is 71.4 Å². The summed E-state index contributed by atoms with van der Waals surface area (Å²) in [4.78, 5) is 45.4. The number of aromatic amines is 1. The molecule has 1 aliphatic heterocycles. The highest BCUT2D eigenvalue weighted by molar-refractivity contribution is 6.30. The number of aliphatic carboxylic acids is 1. The third-order valence-electron chi connectivity index (χ3n) is 7.18. The molecule has 2 amide bonds. The number of carboxylic acid groups (broad SMARTS) is 1. The van der Waals surface area contributed by atoms with Gasteiger partial charge >= 0.3 is 12.1 Å². The van der Waals surface area contributed by atoms with Crippen LogP contribution in [-0.2, 0) is 19.1 Å². The number of nitrogens with zero attached hydrogens (tertiary/aromatic N) is 5. The quantitative estimate of drug-likeness (QED) is 0.129. The molecule has 0 spiro atoms. The molecule has 0 fully saturated rings. The first-order valence-corrected chi connectivity index (χ1v) is 14.8. The van der Waals surface area contributed by atoms with Crippen LogP contribution in [0.4, 0.5) is 16.2 Å². The van der Waals surface area contributed by atoms with Crippen LogP contribution in [0.1, 0.15) is 43.1 Å². The number of aromatic nitrogens is 6. The molecule has 0 saturated carbocycles. The lowest BCUT2D eigenvalue weighted by molar-refractivity contribution is -0.138. The molecule has 15 nitrogen and oxygen atoms in total. The molecule has 0 aliphatic carbocycles. The fraction of sp³-hybridized carbons (Fsp3) is 0.300. The van der Waals surface area contributed by atoms with Crippen molar-refractivity contribution in [3.63, 3.8) is 0 Å². The third-order valence-corrected chi connectivity index (χ3v) is 7.42. The first-order valence-electron chi connectivity index (χ1n) is 14.4. The van der Waals surface area contributed by atoms with E-state index in [1.54, 1.807) is 48.7 Å². The molecular formula is C30H32ClN9O6. The monoisotopic (exact) mass is 649 g/mol. The summed E-state index contributed by atoms with van der Waals surface area (Å²) in [6.45, 7) is 0.337. The molecule has 0 radical (unpaired) electrons. The first-order chi connectivity index (χ1) is 22.3. The Balaban J connectivity index is 1.38. The number of methoxy groups -OCH3 is 1. The summed E-state index contributed by atoms with van der Waals surface area (Å²) in [7, 11) is 1.50. The Hall–Kier alpha value is -5.28. The number of benzene rings is 2. The summed E-state index contributed by atoms with van der Waals surface area (Å²) in [6, 6.07) is 8.82. The van der Waals surface area contributed by atoms with Crippen LogP contribution < -0.4 is 16.0 Å². The van der Waals surface area contributed by atoms with Gasteiger partial charge in [0.25, 0.3) is 0 Å². The van der Waals surface area contributed by atoms with Gasteiger partial charge in [-0.2, -0.15) is 4.68 Å². The van der Waals surface area contributed by atoms with Gasteiger partial charge in [0.1, 0.15) is 24.8 Å². The van der Waals surface area contributed by atoms with Gasteiger partial charge in [-0.25, -0.2) is 14.6 Å². The van der Waals surface area contributed by atoms with Gasteiger partial charge in [0.05, 0.1) is 30.2 Å². The SMILES string of the molecule is COCCOC(=O)Nc1ccc2c(c1)NC(C(=O)O)CCCCC(NC(=O)/C=C/c1cc(Cl)ccc1-n1cnnn1)c1ncc-2[nH]1. The van der Waals surface area contributed by atoms with Crippen molar-refractivity contribution in [2.24, 2.45) is 0 Å². The number of imidazole rings is 1. The van der Waals surface area contributed by atoms with E-state index in [2.05, 4.69) is 41.4 Å². The van der Waals surface area contributed by atoms with E-state index in [1.807, 2.05) is 0 Å². The minimum atomic E-state index is -1.01. The zero-order chi connectivity index (χ0) is 32.5. The Morgan fingerprint density at radius 1 is 1.15 bits per heavy atom. The van der Waals surface area contributed by atoms with Gasteiger partial charge in [-0.1, -0.05) is 24.4 Å². The standard InChI is InChI=1S/C30H32ClN9O6/c1-45-12-13-46-30(44)34-20-8-9-21-24(15-20)35-23(29(42)43)5-3-2-4-22(28-32-16-25(21)37-28)36-27(41)11-6-18-14-19(31)7-10-26(18)40-17-33-38-39-40/h6-11,14-17,22-23,35H,2-5,12-13H2,1H3,(H,32,37)(H,34,44)(H,36,41)(H,42,43)/b11-6+. The van der Waals surface area contributed by atoms with Crippen LogP contribution in [0.15, 0.2) is 55.0 Å². The Kier molecular flexibility index (Phi) is 10.6. The van der Waals surface area contributed by atoms with Gasteiger partial charge in [-0.15, -0.1) is 5.10 Å². The van der Waals surface area contributed by atoms with Crippen LogP contribution in [0, 0.1) is 0 Å². The second kappa shape index (κ2) is 15.1. The van der Waals surface area contributed by atoms with E-state index in [0.29, 0.717) is 70.4 Å². The van der Waals surface area contributed by atoms with E-state index in [0.717, 1.165) is 0 Å². The average Bonchev–Trinajstić information content (AvgIpc) is 3.74. The lowest BCUT2D eigenvalue weighted by Gasteiger charge is -2.21. The van der Waals surface area contributed by atoms with Gasteiger partial charge in [-0.3, -0.25) is 10.1 Å². The predicted octanol–water partition coefficient (Wildman–Crippen LogP) is 4.21. The molecule has 16 heteroatoms. The third kappa shape index (κ3) is 8.25. The fourth-order valence-corrected chi connectivity index (χ4v) is 5.12. The number of nitrogens with one attached hydrogen (secondary N) is 4. The van der Waals surface area contributed by atoms with Crippen LogP contribution >= 0.6 is 11.6 Å². The van der Waals surface area contributed by atoms with Gasteiger partial charge in [0.15, 0.2) is 0 Å². The molecule has 2 unspecified atom stereocenters. The molecule has 3 heterocycles. The van der Waals surface area contributed by atoms with Gasteiger partial charge in [-0.05, 0) is 65.7 Å². The second-order valence-corrected chi connectivity index (χ2v) is 10.8. The number of halogens is 1. The van der Waals surface area contributed by atoms with Crippen LogP contribution in [0.3, 0.4) is 0 Å². The number of hydrogen-bond acceptors (Lipinski definition) is 10. The number of anilines is 2. The van der Waals surface area contributed by atoms with Crippen molar-refractivity contribution in [3.8, 4) is 16.9 Å². The number of carbonyl (C=O) groups excluding carboxylic acids is 2. The number of H-pyrrole nitrogens is 1. The number of carbonyl (C=O) groups is 3. The minimum Gasteiger partial charge on any atom is -0.480 e. The number of hydrogen-bond donors (Lipinski definition) is 5. The maximum Gasteiger partial charge on any atom is 0.411 e. The number of carboxylic acids is 1. The Morgan fingerprint density at radius 3 is 2.78 bits per heavy atom. The summed E-state index contributed by atoms with van der Waals surface area (Å²) >= 11 is 6.20. The predicted molar refractivity (Wildman–Crippen MR) is 168 cm³/mol.